The monoisotopic (exact) mass is 582 g/mol. The van der Waals surface area contributed by atoms with Crippen LogP contribution in [0.25, 0.3) is 0 Å². The average molecular weight is 583 g/mol. The van der Waals surface area contributed by atoms with Crippen molar-refractivity contribution in [3.63, 3.8) is 0 Å². The molecule has 11 heteroatoms. The lowest BCUT2D eigenvalue weighted by atomic mass is 9.82. The maximum atomic E-state index is 13.9. The number of hydrogen-bond acceptors (Lipinski definition) is 6. The van der Waals surface area contributed by atoms with Crippen molar-refractivity contribution in [1.29, 1.82) is 0 Å². The number of carbonyl (C=O) groups is 2. The molecule has 3 heterocycles. The number of hydrogen-bond donors (Lipinski definition) is 1. The lowest BCUT2D eigenvalue weighted by molar-refractivity contribution is -0.137. The summed E-state index contributed by atoms with van der Waals surface area (Å²) >= 11 is 2.02. The molecule has 1 saturated heterocycles. The van der Waals surface area contributed by atoms with Gasteiger partial charge in [-0.2, -0.15) is 13.2 Å². The highest BCUT2D eigenvalue weighted by molar-refractivity contribution is 8.00. The molecular weight excluding hydrogens is 561 g/mol. The summed E-state index contributed by atoms with van der Waals surface area (Å²) in [5.41, 5.74) is 1.57. The average Bonchev–Trinajstić information content (AvgIpc) is 3.42. The summed E-state index contributed by atoms with van der Waals surface area (Å²) in [6, 6.07) is 19.2. The van der Waals surface area contributed by atoms with Crippen LogP contribution in [0.4, 0.5) is 18.9 Å². The van der Waals surface area contributed by atoms with Crippen molar-refractivity contribution >= 4 is 40.6 Å². The van der Waals surface area contributed by atoms with Crippen LogP contribution >= 0.6 is 23.1 Å². The summed E-state index contributed by atoms with van der Waals surface area (Å²) in [7, 11) is 0. The van der Waals surface area contributed by atoms with E-state index in [9.17, 15) is 27.6 Å². The molecule has 0 bridgehead atoms. The molecule has 204 valence electrons. The van der Waals surface area contributed by atoms with Crippen molar-refractivity contribution in [3.05, 3.63) is 110 Å². The number of benzene rings is 3. The van der Waals surface area contributed by atoms with Crippen LogP contribution in [0, 0.1) is 12.8 Å². The third-order valence-corrected chi connectivity index (χ3v) is 9.43. The van der Waals surface area contributed by atoms with Gasteiger partial charge in [0.2, 0.25) is 11.8 Å². The largest absolute Gasteiger partial charge is 0.489 e. The molecule has 2 aliphatic rings. The molecular formula is C29H21F3N2O4S2. The van der Waals surface area contributed by atoms with Crippen molar-refractivity contribution in [2.75, 3.05) is 4.90 Å². The van der Waals surface area contributed by atoms with Crippen molar-refractivity contribution in [1.82, 2.24) is 4.98 Å². The molecule has 0 saturated carbocycles. The van der Waals surface area contributed by atoms with Crippen molar-refractivity contribution < 1.29 is 27.5 Å². The Morgan fingerprint density at radius 1 is 0.950 bits per heavy atom. The molecule has 40 heavy (non-hydrogen) atoms. The van der Waals surface area contributed by atoms with Crippen LogP contribution in [0.2, 0.25) is 0 Å². The summed E-state index contributed by atoms with van der Waals surface area (Å²) in [4.78, 5) is 43.8. The number of amides is 2. The Morgan fingerprint density at radius 2 is 1.70 bits per heavy atom. The quantitative estimate of drug-likeness (QED) is 0.286. The van der Waals surface area contributed by atoms with E-state index in [-0.39, 0.29) is 17.2 Å². The Kier molecular flexibility index (Phi) is 6.58. The van der Waals surface area contributed by atoms with Crippen LogP contribution in [-0.2, 0) is 22.4 Å². The van der Waals surface area contributed by atoms with E-state index in [1.807, 2.05) is 31.2 Å². The summed E-state index contributed by atoms with van der Waals surface area (Å²) in [6.07, 6.45) is -4.64. The zero-order valence-electron chi connectivity index (χ0n) is 20.9. The van der Waals surface area contributed by atoms with Gasteiger partial charge in [0.05, 0.1) is 22.2 Å². The second-order valence-corrected chi connectivity index (χ2v) is 11.8. The normalized spacial score (nSPS) is 20.4. The van der Waals surface area contributed by atoms with Crippen molar-refractivity contribution in [3.8, 4) is 5.75 Å². The van der Waals surface area contributed by atoms with Gasteiger partial charge >= 0.3 is 11.0 Å². The molecule has 0 aliphatic carbocycles. The SMILES string of the molecule is Cc1ccc(COc2ccccc2[C@H]2c3sc(=O)[nH]c3SC3C(=O)N(c4cccc(C(F)(F)F)c4)C(=O)C32)cc1. The van der Waals surface area contributed by atoms with Gasteiger partial charge in [0, 0.05) is 16.4 Å². The van der Waals surface area contributed by atoms with E-state index in [1.165, 1.54) is 12.1 Å². The van der Waals surface area contributed by atoms with Gasteiger partial charge in [-0.1, -0.05) is 77.2 Å². The number of aryl methyl sites for hydroxylation is 1. The minimum atomic E-state index is -4.64. The number of thiazole rings is 1. The molecule has 0 spiro atoms. The number of rotatable bonds is 5. The van der Waals surface area contributed by atoms with Gasteiger partial charge in [-0.25, -0.2) is 4.90 Å². The van der Waals surface area contributed by atoms with Crippen LogP contribution in [0.1, 0.15) is 33.0 Å². The van der Waals surface area contributed by atoms with E-state index in [1.54, 1.807) is 24.3 Å². The second kappa shape index (κ2) is 9.97. The highest BCUT2D eigenvalue weighted by Gasteiger charge is 2.57. The van der Waals surface area contributed by atoms with Crippen LogP contribution in [0.15, 0.2) is 82.6 Å². The number of halogens is 3. The molecule has 0 radical (unpaired) electrons. The predicted molar refractivity (Wildman–Crippen MR) is 146 cm³/mol. The highest BCUT2D eigenvalue weighted by Crippen LogP contribution is 2.54. The molecule has 2 amide bonds. The Bertz CT molecular complexity index is 1680. The number of nitrogens with one attached hydrogen (secondary N) is 1. The van der Waals surface area contributed by atoms with Gasteiger partial charge in [0.25, 0.3) is 0 Å². The van der Waals surface area contributed by atoms with E-state index in [2.05, 4.69) is 4.98 Å². The summed E-state index contributed by atoms with van der Waals surface area (Å²) in [5.74, 6) is -2.42. The van der Waals surface area contributed by atoms with Gasteiger partial charge in [-0.3, -0.25) is 14.4 Å². The number of alkyl halides is 3. The van der Waals surface area contributed by atoms with Crippen molar-refractivity contribution in [2.24, 2.45) is 5.92 Å². The third kappa shape index (κ3) is 4.62. The Labute approximate surface area is 234 Å². The van der Waals surface area contributed by atoms with E-state index >= 15 is 0 Å². The number of carbonyl (C=O) groups excluding carboxylic acids is 2. The second-order valence-electron chi connectivity index (χ2n) is 9.62. The van der Waals surface area contributed by atoms with Crippen molar-refractivity contribution in [2.45, 2.75) is 35.9 Å². The summed E-state index contributed by atoms with van der Waals surface area (Å²) in [6.45, 7) is 2.24. The third-order valence-electron chi connectivity index (χ3n) is 7.02. The number of imide groups is 1. The number of H-pyrrole nitrogens is 1. The molecule has 1 aromatic heterocycles. The Hall–Kier alpha value is -3.83. The number of thioether (sulfide) groups is 1. The molecule has 4 aromatic rings. The molecule has 2 aliphatic heterocycles. The van der Waals surface area contributed by atoms with Crippen LogP contribution in [0.3, 0.4) is 0 Å². The molecule has 6 nitrogen and oxygen atoms in total. The van der Waals surface area contributed by atoms with E-state index in [0.29, 0.717) is 21.2 Å². The predicted octanol–water partition coefficient (Wildman–Crippen LogP) is 6.14. The standard InChI is InChI=1S/C29H21F3N2O4S2/c1-15-9-11-16(12-10-15)14-38-20-8-3-2-7-19(20)21-22-24(39-25-23(21)40-28(37)33-25)27(36)34(26(22)35)18-6-4-5-17(13-18)29(30,31)32/h2-13,21-22,24H,14H2,1H3,(H,33,37)/t21-,22?,24?/m1/s1. The zero-order valence-corrected chi connectivity index (χ0v) is 22.5. The smallest absolute Gasteiger partial charge is 0.416 e. The Morgan fingerprint density at radius 3 is 2.45 bits per heavy atom. The number of anilines is 1. The van der Waals surface area contributed by atoms with Gasteiger partial charge in [0.1, 0.15) is 17.6 Å². The fourth-order valence-corrected chi connectivity index (χ4v) is 7.65. The fraction of sp³-hybridized carbons (Fsp3) is 0.207. The fourth-order valence-electron chi connectivity index (χ4n) is 5.14. The van der Waals surface area contributed by atoms with E-state index in [4.69, 9.17) is 4.74 Å². The molecule has 1 fully saturated rings. The highest BCUT2D eigenvalue weighted by atomic mass is 32.2. The number of fused-ring (bicyclic) bond motifs is 2. The van der Waals surface area contributed by atoms with Gasteiger partial charge in [0.15, 0.2) is 0 Å². The van der Waals surface area contributed by atoms with Gasteiger partial charge in [-0.05, 0) is 36.8 Å². The molecule has 2 unspecified atom stereocenters. The van der Waals surface area contributed by atoms with Crippen LogP contribution < -0.4 is 14.5 Å². The number of aromatic amines is 1. The van der Waals surface area contributed by atoms with E-state index < -0.39 is 40.6 Å². The Balaban J connectivity index is 1.41. The maximum Gasteiger partial charge on any atom is 0.416 e. The van der Waals surface area contributed by atoms with Crippen LogP contribution in [0.5, 0.6) is 5.75 Å². The topological polar surface area (TPSA) is 79.5 Å². The van der Waals surface area contributed by atoms with Gasteiger partial charge < -0.3 is 9.72 Å². The molecule has 1 N–H and O–H groups in total. The minimum absolute atomic E-state index is 0.140. The molecule has 3 aromatic carbocycles. The molecule has 6 rings (SSSR count). The first-order valence-electron chi connectivity index (χ1n) is 12.3. The van der Waals surface area contributed by atoms with Gasteiger partial charge in [-0.15, -0.1) is 0 Å². The number of ether oxygens (including phenoxy) is 1. The minimum Gasteiger partial charge on any atom is -0.489 e. The molecule has 3 atom stereocenters. The first-order chi connectivity index (χ1) is 19.1. The first kappa shape index (κ1) is 26.4. The number of para-hydroxylation sites is 1. The van der Waals surface area contributed by atoms with Crippen LogP contribution in [-0.4, -0.2) is 22.0 Å². The zero-order chi connectivity index (χ0) is 28.2. The lowest BCUT2D eigenvalue weighted by Gasteiger charge is -2.30. The number of aromatic nitrogens is 1. The lowest BCUT2D eigenvalue weighted by Crippen LogP contribution is -2.32. The number of nitrogens with zero attached hydrogens (tertiary/aromatic N) is 1. The summed E-state index contributed by atoms with van der Waals surface area (Å²) < 4.78 is 46.5. The van der Waals surface area contributed by atoms with E-state index in [0.717, 1.165) is 51.3 Å². The first-order valence-corrected chi connectivity index (χ1v) is 14.0. The maximum absolute atomic E-state index is 13.9. The summed E-state index contributed by atoms with van der Waals surface area (Å²) in [5, 5.41) is -0.462.